The number of carbonyl (C=O) groups is 9. The van der Waals surface area contributed by atoms with E-state index in [9.17, 15) is 56.3 Å². The van der Waals surface area contributed by atoms with Crippen molar-refractivity contribution in [3.63, 3.8) is 0 Å². The first-order valence-electron chi connectivity index (χ1n) is 35.4. The number of carboxylic acid groups (broad SMARTS) is 1. The van der Waals surface area contributed by atoms with E-state index < -0.39 is 17.6 Å². The second kappa shape index (κ2) is 38.6. The predicted molar refractivity (Wildman–Crippen MR) is 398 cm³/mol. The van der Waals surface area contributed by atoms with Gasteiger partial charge in [0.25, 0.3) is 29.5 Å². The van der Waals surface area contributed by atoms with Gasteiger partial charge in [0.1, 0.15) is 17.5 Å². The Morgan fingerprint density at radius 3 is 1.10 bits per heavy atom. The Morgan fingerprint density at radius 1 is 0.477 bits per heavy atom. The van der Waals surface area contributed by atoms with Crippen molar-refractivity contribution in [3.05, 3.63) is 179 Å². The molecule has 7 aliphatic rings. The number of aldehydes is 2. The molecular weight excluding hydrogens is 1390 g/mol. The van der Waals surface area contributed by atoms with Gasteiger partial charge in [0.05, 0.1) is 51.2 Å². The molecule has 107 heavy (non-hydrogen) atoms. The summed E-state index contributed by atoms with van der Waals surface area (Å²) in [5, 5.41) is 33.5. The van der Waals surface area contributed by atoms with Crippen molar-refractivity contribution in [2.75, 3.05) is 75.4 Å². The molecule has 4 saturated heterocycles. The molecular formula is C78H94F3N11O15. The minimum Gasteiger partial charge on any atom is -0.478 e. The number of benzene rings is 3. The molecule has 7 aliphatic heterocycles. The highest BCUT2D eigenvalue weighted by Gasteiger charge is 2.31. The number of aliphatic hydroxyl groups excluding tert-OH is 1. The third-order valence-electron chi connectivity index (χ3n) is 18.8. The largest absolute Gasteiger partial charge is 0.478 e. The van der Waals surface area contributed by atoms with Crippen LogP contribution in [0.1, 0.15) is 194 Å². The van der Waals surface area contributed by atoms with Crippen molar-refractivity contribution >= 4 is 94.3 Å². The zero-order chi connectivity index (χ0) is 77.8. The molecule has 0 atom stereocenters. The quantitative estimate of drug-likeness (QED) is 0.0423. The van der Waals surface area contributed by atoms with E-state index in [1.54, 1.807) is 65.0 Å². The number of carboxylic acids is 1. The molecule has 29 heteroatoms. The summed E-state index contributed by atoms with van der Waals surface area (Å²) >= 11 is 0. The van der Waals surface area contributed by atoms with E-state index in [0.29, 0.717) is 148 Å². The first-order chi connectivity index (χ1) is 51.1. The average Bonchev–Trinajstić information content (AvgIpc) is 1.63. The van der Waals surface area contributed by atoms with E-state index in [2.05, 4.69) is 51.8 Å². The molecule has 0 spiro atoms. The molecule has 6 amide bonds. The minimum absolute atomic E-state index is 0.0643. The van der Waals surface area contributed by atoms with Gasteiger partial charge in [0.15, 0.2) is 12.6 Å². The molecule has 0 saturated carbocycles. The lowest BCUT2D eigenvalue weighted by atomic mass is 10.0. The monoisotopic (exact) mass is 1480 g/mol. The highest BCUT2D eigenvalue weighted by Crippen LogP contribution is 2.37. The number of hydrogen-bond donors (Lipinski definition) is 13. The summed E-state index contributed by atoms with van der Waals surface area (Å²) in [7, 11) is 0. The number of anilines is 3. The van der Waals surface area contributed by atoms with E-state index in [0.717, 1.165) is 110 Å². The topological polar surface area (TPSA) is 392 Å². The van der Waals surface area contributed by atoms with Gasteiger partial charge >= 0.3 is 5.97 Å². The van der Waals surface area contributed by atoms with Crippen molar-refractivity contribution < 1.29 is 85.5 Å². The molecule has 4 fully saturated rings. The maximum atomic E-state index is 13.6. The third-order valence-corrected chi connectivity index (χ3v) is 18.8. The SMILES string of the molecule is CCO.Cc1[nH]c(/C=C2\C(=O)Nc3ccc(F)cc32)c(C)c1C(=O)NC1CCOCC1.Cc1[nH]c(/C=C2\C(=O)Nc3ccc(F)cc32)c(C)c1C(=O)NC1CCOCC1.Cc1[nH]c(C=O)c(C)c1C(=O)NC1CCOCC1.Cc1[nH]c(C=O)c(C)c1C(=O)O.NC1CCOCC1.O=C1Cc2cc(F)ccc2N1. The van der Waals surface area contributed by atoms with Crippen molar-refractivity contribution in [2.24, 2.45) is 5.73 Å². The van der Waals surface area contributed by atoms with Gasteiger partial charge in [-0.2, -0.15) is 0 Å². The van der Waals surface area contributed by atoms with Gasteiger partial charge in [-0.25, -0.2) is 18.0 Å². The number of rotatable bonds is 11. The lowest BCUT2D eigenvalue weighted by molar-refractivity contribution is -0.115. The Balaban J connectivity index is 0.000000170. The van der Waals surface area contributed by atoms with Crippen LogP contribution >= 0.6 is 0 Å². The second-order valence-corrected chi connectivity index (χ2v) is 26.5. The van der Waals surface area contributed by atoms with Crippen LogP contribution in [0.4, 0.5) is 30.2 Å². The molecule has 26 nitrogen and oxygen atoms in total. The Bertz CT molecular complexity index is 4310. The highest BCUT2D eigenvalue weighted by atomic mass is 19.1. The molecule has 0 unspecified atom stereocenters. The van der Waals surface area contributed by atoms with Gasteiger partial charge in [-0.05, 0) is 208 Å². The Hall–Kier alpha value is -10.6. The number of carbonyl (C=O) groups excluding carboxylic acids is 8. The fraction of sp³-hybridized carbons (Fsp3) is 0.397. The van der Waals surface area contributed by atoms with Crippen molar-refractivity contribution in [3.8, 4) is 0 Å². The molecule has 11 heterocycles. The Kier molecular flexibility index (Phi) is 29.6. The first-order valence-corrected chi connectivity index (χ1v) is 35.4. The number of nitrogens with two attached hydrogens (primary N) is 1. The van der Waals surface area contributed by atoms with Crippen molar-refractivity contribution in [1.82, 2.24) is 35.9 Å². The second-order valence-electron chi connectivity index (χ2n) is 26.5. The maximum Gasteiger partial charge on any atom is 0.337 e. The fourth-order valence-electron chi connectivity index (χ4n) is 13.1. The normalized spacial score (nSPS) is 16.7. The third kappa shape index (κ3) is 21.6. The maximum absolute atomic E-state index is 13.6. The van der Waals surface area contributed by atoms with Crippen LogP contribution in [0, 0.1) is 72.8 Å². The molecule has 7 aromatic rings. The predicted octanol–water partition coefficient (Wildman–Crippen LogP) is 10.3. The molecule has 0 bridgehead atoms. The Labute approximate surface area is 617 Å². The number of fused-ring (bicyclic) bond motifs is 3. The number of ether oxygens (including phenoxy) is 4. The Morgan fingerprint density at radius 2 is 0.785 bits per heavy atom. The average molecular weight is 1480 g/mol. The fourth-order valence-corrected chi connectivity index (χ4v) is 13.1. The van der Waals surface area contributed by atoms with Gasteiger partial charge in [-0.3, -0.25) is 38.4 Å². The van der Waals surface area contributed by atoms with E-state index >= 15 is 0 Å². The number of nitrogens with one attached hydrogen (secondary N) is 10. The molecule has 3 aromatic carbocycles. The smallest absolute Gasteiger partial charge is 0.337 e. The van der Waals surface area contributed by atoms with Gasteiger partial charge in [0.2, 0.25) is 5.91 Å². The number of hydrogen-bond acceptors (Lipinski definition) is 15. The molecule has 4 aromatic heterocycles. The summed E-state index contributed by atoms with van der Waals surface area (Å²) in [4.78, 5) is 117. The number of aromatic amines is 4. The van der Waals surface area contributed by atoms with Crippen LogP contribution in [0.5, 0.6) is 0 Å². The van der Waals surface area contributed by atoms with E-state index in [4.69, 9.17) is 34.9 Å². The number of aliphatic hydroxyl groups is 1. The van der Waals surface area contributed by atoms with Crippen LogP contribution in [0.2, 0.25) is 0 Å². The van der Waals surface area contributed by atoms with Gasteiger partial charge in [0, 0.05) is 146 Å². The summed E-state index contributed by atoms with van der Waals surface area (Å²) in [6.07, 6.45) is 12.0. The van der Waals surface area contributed by atoms with Gasteiger partial charge < -0.3 is 86.7 Å². The number of amides is 6. The summed E-state index contributed by atoms with van der Waals surface area (Å²) in [6, 6.07) is 13.5. The number of halogens is 3. The number of aromatic nitrogens is 4. The van der Waals surface area contributed by atoms with E-state index in [1.807, 2.05) is 27.7 Å². The first kappa shape index (κ1) is 82.1. The van der Waals surface area contributed by atoms with Crippen LogP contribution in [0.25, 0.3) is 23.3 Å². The molecule has 0 aliphatic carbocycles. The van der Waals surface area contributed by atoms with Crippen LogP contribution in [0.15, 0.2) is 54.6 Å². The van der Waals surface area contributed by atoms with Crippen LogP contribution in [0.3, 0.4) is 0 Å². The highest BCUT2D eigenvalue weighted by molar-refractivity contribution is 6.35. The lowest BCUT2D eigenvalue weighted by Gasteiger charge is -2.23. The lowest BCUT2D eigenvalue weighted by Crippen LogP contribution is -2.39. The van der Waals surface area contributed by atoms with Crippen molar-refractivity contribution in [2.45, 2.75) is 144 Å². The molecule has 0 radical (unpaired) electrons. The standard InChI is InChI=1S/2C21H22FN3O3.C13H18N2O3.C8H6FNO.C8H9NO3.C5H11NO.C2H6O/c2*1-11-18(10-16-15-9-13(22)3-4-17(15)25-20(16)26)23-12(2)19(11)21(27)24-14-5-7-28-8-6-14;1-8-11(7-16)14-9(2)12(8)13(17)15-10-3-5-18-6-4-10;9-6-1-2-7-5(3-6)4-8(11)10-7;1-4-6(3-10)9-5(2)7(4)8(11)12;6-5-1-3-7-4-2-5;1-2-3/h2*3-4,9-10,14,23H,5-8H2,1-2H3,(H,24,27)(H,25,26);7,10,14H,3-6H2,1-2H3,(H,15,17);1-3H,4H2,(H,10,11);3,9H,1-2H3,(H,11,12);5H,1-4,6H2;3H,2H2,1H3/b2*16-10-;;;;;. The number of aromatic carboxylic acids is 1. The van der Waals surface area contributed by atoms with E-state index in [-0.39, 0.29) is 71.6 Å². The summed E-state index contributed by atoms with van der Waals surface area (Å²) in [5.41, 5.74) is 19.5. The van der Waals surface area contributed by atoms with Crippen LogP contribution in [-0.2, 0) is 39.8 Å². The van der Waals surface area contributed by atoms with Crippen molar-refractivity contribution in [1.29, 1.82) is 0 Å². The number of aryl methyl sites for hydroxylation is 4. The molecule has 14 rings (SSSR count). The summed E-state index contributed by atoms with van der Waals surface area (Å²) < 4.78 is 60.8. The molecule has 572 valence electrons. The number of H-pyrrole nitrogens is 4. The van der Waals surface area contributed by atoms with E-state index in [1.165, 1.54) is 36.4 Å². The van der Waals surface area contributed by atoms with Crippen LogP contribution < -0.4 is 37.6 Å². The summed E-state index contributed by atoms with van der Waals surface area (Å²) in [6.45, 7) is 21.8. The summed E-state index contributed by atoms with van der Waals surface area (Å²) in [5.74, 6) is -3.13. The zero-order valence-corrected chi connectivity index (χ0v) is 61.5. The molecule has 14 N–H and O–H groups in total. The van der Waals surface area contributed by atoms with Gasteiger partial charge in [-0.1, -0.05) is 0 Å². The minimum atomic E-state index is -1.01. The van der Waals surface area contributed by atoms with Crippen LogP contribution in [-0.4, -0.2) is 168 Å². The zero-order valence-electron chi connectivity index (χ0n) is 61.5. The van der Waals surface area contributed by atoms with Gasteiger partial charge in [-0.15, -0.1) is 0 Å².